The van der Waals surface area contributed by atoms with Crippen molar-refractivity contribution in [2.75, 3.05) is 26.2 Å². The van der Waals surface area contributed by atoms with Gasteiger partial charge in [0.05, 0.1) is 12.8 Å². The second-order valence-corrected chi connectivity index (χ2v) is 5.29. The van der Waals surface area contributed by atoms with E-state index in [0.717, 1.165) is 0 Å². The van der Waals surface area contributed by atoms with E-state index in [1.165, 1.54) is 13.8 Å². The number of Topliss-reactive ketones (excluding diaryl/α,β-unsaturated/α-hetero) is 2. The SMILES string of the molecule is CCN(CC)C(=O)CC(C)=O.CCN(CC)C(=O)CC(C)=O.[O]=[Mo+2]=[O]. The number of nitrogens with zero attached hydrogens (tertiary/aromatic N) is 2. The minimum absolute atomic E-state index is 0.0433. The van der Waals surface area contributed by atoms with Gasteiger partial charge in [-0.15, -0.1) is 0 Å². The molecular formula is C16H30MoN2O6+2. The van der Waals surface area contributed by atoms with E-state index < -0.39 is 18.5 Å². The second kappa shape index (κ2) is 18.9. The van der Waals surface area contributed by atoms with E-state index in [2.05, 4.69) is 0 Å². The predicted octanol–water partition coefficient (Wildman–Crippen LogP) is 1.43. The molecule has 0 aliphatic rings. The predicted molar refractivity (Wildman–Crippen MR) is 87.8 cm³/mol. The minimum atomic E-state index is -2.03. The molecule has 0 unspecified atom stereocenters. The average Bonchev–Trinajstić information content (AvgIpc) is 2.49. The zero-order valence-corrected chi connectivity index (χ0v) is 18.0. The summed E-state index contributed by atoms with van der Waals surface area (Å²) < 4.78 is 17.0. The first-order chi connectivity index (χ1) is 11.6. The van der Waals surface area contributed by atoms with Crippen molar-refractivity contribution in [2.45, 2.75) is 54.4 Å². The number of carbonyl (C=O) groups excluding carboxylic acids is 4. The Bertz CT molecular complexity index is 418. The van der Waals surface area contributed by atoms with Crippen molar-refractivity contribution < 1.29 is 44.5 Å². The molecule has 0 bridgehead atoms. The van der Waals surface area contributed by atoms with Crippen molar-refractivity contribution >= 4 is 23.4 Å². The fraction of sp³-hybridized carbons (Fsp3) is 0.750. The van der Waals surface area contributed by atoms with Gasteiger partial charge in [-0.25, -0.2) is 0 Å². The number of ketones is 2. The van der Waals surface area contributed by atoms with Crippen molar-refractivity contribution in [3.05, 3.63) is 0 Å². The van der Waals surface area contributed by atoms with Crippen LogP contribution >= 0.6 is 0 Å². The van der Waals surface area contributed by atoms with Gasteiger partial charge in [0.15, 0.2) is 0 Å². The zero-order chi connectivity index (χ0) is 20.4. The van der Waals surface area contributed by atoms with E-state index in [1.54, 1.807) is 9.80 Å². The van der Waals surface area contributed by atoms with E-state index >= 15 is 0 Å². The van der Waals surface area contributed by atoms with Gasteiger partial charge in [0.25, 0.3) is 0 Å². The summed E-state index contributed by atoms with van der Waals surface area (Å²) in [6.45, 7) is 13.2. The van der Waals surface area contributed by atoms with Crippen molar-refractivity contribution in [1.82, 2.24) is 9.80 Å². The van der Waals surface area contributed by atoms with Gasteiger partial charge in [-0.1, -0.05) is 0 Å². The molecule has 0 atom stereocenters. The van der Waals surface area contributed by atoms with Crippen LogP contribution in [-0.2, 0) is 44.5 Å². The maximum absolute atomic E-state index is 11.1. The monoisotopic (exact) mass is 444 g/mol. The molecule has 2 amide bonds. The second-order valence-electron chi connectivity index (χ2n) is 4.96. The van der Waals surface area contributed by atoms with E-state index in [4.69, 9.17) is 6.80 Å². The van der Waals surface area contributed by atoms with Crippen molar-refractivity contribution in [3.8, 4) is 0 Å². The summed E-state index contributed by atoms with van der Waals surface area (Å²) in [5.41, 5.74) is 0. The van der Waals surface area contributed by atoms with Crippen LogP contribution in [-0.4, -0.2) is 59.4 Å². The van der Waals surface area contributed by atoms with Gasteiger partial charge in [0, 0.05) is 26.2 Å². The van der Waals surface area contributed by atoms with Gasteiger partial charge in [-0.3, -0.25) is 19.2 Å². The Balaban J connectivity index is -0.000000334. The summed E-state index contributed by atoms with van der Waals surface area (Å²) in [5.74, 6) is -0.270. The van der Waals surface area contributed by atoms with Gasteiger partial charge in [0.2, 0.25) is 11.8 Å². The third kappa shape index (κ3) is 18.7. The Kier molecular flexibility index (Phi) is 21.5. The van der Waals surface area contributed by atoms with Gasteiger partial charge < -0.3 is 9.80 Å². The van der Waals surface area contributed by atoms with Crippen molar-refractivity contribution in [2.24, 2.45) is 0 Å². The quantitative estimate of drug-likeness (QED) is 0.416. The molecule has 0 saturated heterocycles. The third-order valence-corrected chi connectivity index (χ3v) is 3.03. The Hall–Kier alpha value is -1.43. The number of rotatable bonds is 8. The molecule has 25 heavy (non-hydrogen) atoms. The molecule has 0 radical (unpaired) electrons. The van der Waals surface area contributed by atoms with Gasteiger partial charge in [-0.2, -0.15) is 0 Å². The Morgan fingerprint density at radius 1 is 0.640 bits per heavy atom. The van der Waals surface area contributed by atoms with E-state index in [-0.39, 0.29) is 36.2 Å². The summed E-state index contributed by atoms with van der Waals surface area (Å²) in [6, 6.07) is 0. The normalized spacial score (nSPS) is 8.56. The summed E-state index contributed by atoms with van der Waals surface area (Å²) in [4.78, 5) is 46.6. The molecule has 0 spiro atoms. The summed E-state index contributed by atoms with van der Waals surface area (Å²) in [7, 11) is 0. The molecule has 0 heterocycles. The molecule has 0 N–H and O–H groups in total. The molecule has 0 aliphatic heterocycles. The molecule has 0 rings (SSSR count). The van der Waals surface area contributed by atoms with Crippen LogP contribution in [0.4, 0.5) is 0 Å². The zero-order valence-electron chi connectivity index (χ0n) is 16.0. The number of hydrogen-bond acceptors (Lipinski definition) is 6. The van der Waals surface area contributed by atoms with Crippen LogP contribution in [0.5, 0.6) is 0 Å². The molecular weight excluding hydrogens is 412 g/mol. The summed E-state index contributed by atoms with van der Waals surface area (Å²) >= 11 is -2.03. The maximum atomic E-state index is 11.1. The molecule has 9 heteroatoms. The van der Waals surface area contributed by atoms with Crippen LogP contribution in [0.15, 0.2) is 0 Å². The van der Waals surface area contributed by atoms with Crippen LogP contribution in [0, 0.1) is 0 Å². The van der Waals surface area contributed by atoms with Crippen LogP contribution in [0.1, 0.15) is 54.4 Å². The first-order valence-corrected chi connectivity index (χ1v) is 9.74. The third-order valence-electron chi connectivity index (χ3n) is 3.03. The van der Waals surface area contributed by atoms with E-state index in [0.29, 0.717) is 26.2 Å². The van der Waals surface area contributed by atoms with Crippen LogP contribution in [0.2, 0.25) is 0 Å². The molecule has 0 aromatic rings. The topological polar surface area (TPSA) is 109 Å². The average molecular weight is 442 g/mol. The van der Waals surface area contributed by atoms with Crippen LogP contribution in [0.25, 0.3) is 0 Å². The van der Waals surface area contributed by atoms with Crippen molar-refractivity contribution in [3.63, 3.8) is 0 Å². The first-order valence-electron chi connectivity index (χ1n) is 8.10. The van der Waals surface area contributed by atoms with Gasteiger partial charge in [-0.05, 0) is 41.5 Å². The molecule has 144 valence electrons. The summed E-state index contributed by atoms with van der Waals surface area (Å²) in [5, 5.41) is 0. The summed E-state index contributed by atoms with van der Waals surface area (Å²) in [6.07, 6.45) is 0.0867. The van der Waals surface area contributed by atoms with E-state index in [1.807, 2.05) is 27.7 Å². The number of carbonyl (C=O) groups is 4. The Morgan fingerprint density at radius 2 is 0.840 bits per heavy atom. The first kappa shape index (κ1) is 28.4. The fourth-order valence-electron chi connectivity index (χ4n) is 1.80. The molecule has 0 aromatic carbocycles. The van der Waals surface area contributed by atoms with Gasteiger partial charge in [0.1, 0.15) is 11.6 Å². The molecule has 8 nitrogen and oxygen atoms in total. The van der Waals surface area contributed by atoms with E-state index in [9.17, 15) is 19.2 Å². The fourth-order valence-corrected chi connectivity index (χ4v) is 1.80. The van der Waals surface area contributed by atoms with Gasteiger partial charge >= 0.3 is 25.3 Å². The van der Waals surface area contributed by atoms with Crippen molar-refractivity contribution in [1.29, 1.82) is 0 Å². The molecule has 0 fully saturated rings. The van der Waals surface area contributed by atoms with Crippen LogP contribution in [0.3, 0.4) is 0 Å². The number of amides is 2. The molecule has 0 aliphatic carbocycles. The van der Waals surface area contributed by atoms with Crippen LogP contribution < -0.4 is 0 Å². The Morgan fingerprint density at radius 3 is 0.960 bits per heavy atom. The Labute approximate surface area is 158 Å². The number of hydrogen-bond donors (Lipinski definition) is 0. The molecule has 0 aromatic heterocycles. The molecule has 0 saturated carbocycles. The standard InChI is InChI=1S/2C8H15NO2.Mo.2O/c2*1-4-9(5-2)8(11)6-7(3)10;;;/h2*4-6H2,1-3H3;;;/q;;+2;;.